The van der Waals surface area contributed by atoms with Crippen molar-refractivity contribution in [3.63, 3.8) is 0 Å². The van der Waals surface area contributed by atoms with Gasteiger partial charge in [-0.3, -0.25) is 14.6 Å². The highest BCUT2D eigenvalue weighted by Crippen LogP contribution is 2.12. The molecule has 1 aromatic carbocycles. The van der Waals surface area contributed by atoms with Gasteiger partial charge < -0.3 is 10.1 Å². The van der Waals surface area contributed by atoms with E-state index in [-0.39, 0.29) is 23.3 Å². The zero-order valence-electron chi connectivity index (χ0n) is 19.5. The number of rotatable bonds is 12. The second-order valence-electron chi connectivity index (χ2n) is 8.68. The number of unbranched alkanes of at least 4 members (excludes halogenated alkanes) is 3. The van der Waals surface area contributed by atoms with Gasteiger partial charge in [0.15, 0.2) is 0 Å². The molecular formula is C24H33N3O5S. The number of hydrogen-bond donors (Lipinski definition) is 2. The van der Waals surface area contributed by atoms with Crippen molar-refractivity contribution in [2.24, 2.45) is 0 Å². The second-order valence-corrected chi connectivity index (χ2v) is 10.4. The van der Waals surface area contributed by atoms with Gasteiger partial charge in [-0.05, 0) is 70.0 Å². The van der Waals surface area contributed by atoms with Crippen LogP contribution in [0.3, 0.4) is 0 Å². The first kappa shape index (κ1) is 26.5. The van der Waals surface area contributed by atoms with E-state index >= 15 is 0 Å². The zero-order chi connectivity index (χ0) is 24.3. The molecule has 1 amide bonds. The topological polar surface area (TPSA) is 114 Å². The first-order valence-corrected chi connectivity index (χ1v) is 12.5. The summed E-state index contributed by atoms with van der Waals surface area (Å²) in [6.45, 7) is 6.14. The predicted octanol–water partition coefficient (Wildman–Crippen LogP) is 3.58. The SMILES string of the molecule is CC(C)(C)OC(=O)CCCCCCNC(=O)c1ccc(S(=O)(=O)NCc2ccccn2)cc1. The van der Waals surface area contributed by atoms with Gasteiger partial charge in [-0.25, -0.2) is 13.1 Å². The van der Waals surface area contributed by atoms with E-state index in [1.165, 1.54) is 24.3 Å². The van der Waals surface area contributed by atoms with Crippen LogP contribution < -0.4 is 10.0 Å². The van der Waals surface area contributed by atoms with E-state index in [1.807, 2.05) is 20.8 Å². The van der Waals surface area contributed by atoms with Crippen molar-refractivity contribution in [2.75, 3.05) is 6.54 Å². The minimum absolute atomic E-state index is 0.0833. The number of nitrogens with one attached hydrogen (secondary N) is 2. The van der Waals surface area contributed by atoms with Crippen LogP contribution in [0.5, 0.6) is 0 Å². The Kier molecular flexibility index (Phi) is 9.99. The van der Waals surface area contributed by atoms with Crippen LogP contribution in [0.2, 0.25) is 0 Å². The van der Waals surface area contributed by atoms with E-state index in [4.69, 9.17) is 4.74 Å². The van der Waals surface area contributed by atoms with E-state index in [1.54, 1.807) is 24.4 Å². The molecule has 180 valence electrons. The Morgan fingerprint density at radius 2 is 1.67 bits per heavy atom. The maximum absolute atomic E-state index is 12.4. The van der Waals surface area contributed by atoms with Gasteiger partial charge >= 0.3 is 5.97 Å². The fourth-order valence-electron chi connectivity index (χ4n) is 2.98. The molecular weight excluding hydrogens is 442 g/mol. The zero-order valence-corrected chi connectivity index (χ0v) is 20.3. The number of pyridine rings is 1. The van der Waals surface area contributed by atoms with Crippen LogP contribution in [0.4, 0.5) is 0 Å². The Balaban J connectivity index is 1.68. The number of carbonyl (C=O) groups is 2. The molecule has 2 aromatic rings. The Morgan fingerprint density at radius 3 is 2.30 bits per heavy atom. The van der Waals surface area contributed by atoms with Crippen LogP contribution in [0.1, 0.15) is 68.9 Å². The number of hydrogen-bond acceptors (Lipinski definition) is 6. The van der Waals surface area contributed by atoms with E-state index in [0.29, 0.717) is 24.2 Å². The molecule has 0 bridgehead atoms. The van der Waals surface area contributed by atoms with Crippen LogP contribution in [-0.2, 0) is 26.1 Å². The Bertz CT molecular complexity index is 1000. The minimum Gasteiger partial charge on any atom is -0.460 e. The molecule has 2 rings (SSSR count). The molecule has 33 heavy (non-hydrogen) atoms. The van der Waals surface area contributed by atoms with Crippen molar-refractivity contribution in [1.82, 2.24) is 15.0 Å². The molecule has 2 N–H and O–H groups in total. The summed E-state index contributed by atoms with van der Waals surface area (Å²) >= 11 is 0. The first-order valence-electron chi connectivity index (χ1n) is 11.1. The lowest BCUT2D eigenvalue weighted by Crippen LogP contribution is -2.25. The van der Waals surface area contributed by atoms with E-state index in [2.05, 4.69) is 15.0 Å². The van der Waals surface area contributed by atoms with E-state index < -0.39 is 15.6 Å². The number of amides is 1. The third-order valence-electron chi connectivity index (χ3n) is 4.61. The number of aromatic nitrogens is 1. The Hall–Kier alpha value is -2.78. The average Bonchev–Trinajstić information content (AvgIpc) is 2.76. The van der Waals surface area contributed by atoms with Crippen molar-refractivity contribution in [3.05, 3.63) is 59.9 Å². The molecule has 0 radical (unpaired) electrons. The van der Waals surface area contributed by atoms with Crippen molar-refractivity contribution in [2.45, 2.75) is 69.9 Å². The second kappa shape index (κ2) is 12.5. The number of carbonyl (C=O) groups excluding carboxylic acids is 2. The van der Waals surface area contributed by atoms with Crippen molar-refractivity contribution in [1.29, 1.82) is 0 Å². The highest BCUT2D eigenvalue weighted by atomic mass is 32.2. The average molecular weight is 476 g/mol. The highest BCUT2D eigenvalue weighted by molar-refractivity contribution is 7.89. The number of ether oxygens (including phenoxy) is 1. The van der Waals surface area contributed by atoms with Crippen molar-refractivity contribution < 1.29 is 22.7 Å². The molecule has 0 aliphatic rings. The maximum Gasteiger partial charge on any atom is 0.306 e. The van der Waals surface area contributed by atoms with E-state index in [0.717, 1.165) is 25.7 Å². The van der Waals surface area contributed by atoms with Gasteiger partial charge in [0, 0.05) is 24.7 Å². The van der Waals surface area contributed by atoms with E-state index in [9.17, 15) is 18.0 Å². The van der Waals surface area contributed by atoms with Gasteiger partial charge in [0.2, 0.25) is 10.0 Å². The summed E-state index contributed by atoms with van der Waals surface area (Å²) in [4.78, 5) is 28.1. The number of esters is 1. The molecule has 1 heterocycles. The molecule has 9 heteroatoms. The summed E-state index contributed by atoms with van der Waals surface area (Å²) in [6, 6.07) is 11.1. The van der Waals surface area contributed by atoms with Crippen LogP contribution in [0.25, 0.3) is 0 Å². The third-order valence-corrected chi connectivity index (χ3v) is 6.03. The lowest BCUT2D eigenvalue weighted by atomic mass is 10.1. The number of nitrogens with zero attached hydrogens (tertiary/aromatic N) is 1. The molecule has 0 saturated carbocycles. The standard InChI is InChI=1S/C24H33N3O5S/c1-24(2,3)32-22(28)11-6-4-5-8-17-26-23(29)19-12-14-21(15-13-19)33(30,31)27-18-20-10-7-9-16-25-20/h7,9-10,12-16,27H,4-6,8,11,17-18H2,1-3H3,(H,26,29). The summed E-state index contributed by atoms with van der Waals surface area (Å²) in [5, 5.41) is 2.83. The molecule has 0 saturated heterocycles. The molecule has 0 unspecified atom stereocenters. The fraction of sp³-hybridized carbons (Fsp3) is 0.458. The smallest absolute Gasteiger partial charge is 0.306 e. The summed E-state index contributed by atoms with van der Waals surface area (Å²) in [5.41, 5.74) is 0.547. The third kappa shape index (κ3) is 10.1. The monoisotopic (exact) mass is 475 g/mol. The molecule has 1 aromatic heterocycles. The van der Waals surface area contributed by atoms with Crippen molar-refractivity contribution >= 4 is 21.9 Å². The summed E-state index contributed by atoms with van der Waals surface area (Å²) in [5.74, 6) is -0.442. The molecule has 0 spiro atoms. The van der Waals surface area contributed by atoms with Gasteiger partial charge in [-0.2, -0.15) is 0 Å². The van der Waals surface area contributed by atoms with Crippen LogP contribution in [-0.4, -0.2) is 37.4 Å². The number of benzene rings is 1. The fourth-order valence-corrected chi connectivity index (χ4v) is 3.98. The van der Waals surface area contributed by atoms with Crippen molar-refractivity contribution in [3.8, 4) is 0 Å². The Morgan fingerprint density at radius 1 is 0.970 bits per heavy atom. The normalized spacial score (nSPS) is 11.7. The largest absolute Gasteiger partial charge is 0.460 e. The van der Waals surface area contributed by atoms with Gasteiger partial charge in [0.05, 0.1) is 17.1 Å². The molecule has 0 fully saturated rings. The summed E-state index contributed by atoms with van der Waals surface area (Å²) in [6.07, 6.45) is 5.32. The lowest BCUT2D eigenvalue weighted by molar-refractivity contribution is -0.154. The summed E-state index contributed by atoms with van der Waals surface area (Å²) < 4.78 is 32.6. The van der Waals surface area contributed by atoms with Gasteiger partial charge in [-0.15, -0.1) is 0 Å². The van der Waals surface area contributed by atoms with Gasteiger partial charge in [0.1, 0.15) is 5.60 Å². The quantitative estimate of drug-likeness (QED) is 0.358. The van der Waals surface area contributed by atoms with Gasteiger partial charge in [0.25, 0.3) is 5.91 Å². The molecule has 8 nitrogen and oxygen atoms in total. The predicted molar refractivity (Wildman–Crippen MR) is 126 cm³/mol. The molecule has 0 atom stereocenters. The van der Waals surface area contributed by atoms with Crippen LogP contribution >= 0.6 is 0 Å². The van der Waals surface area contributed by atoms with Gasteiger partial charge in [-0.1, -0.05) is 18.9 Å². The van der Waals surface area contributed by atoms with Crippen LogP contribution in [0.15, 0.2) is 53.6 Å². The lowest BCUT2D eigenvalue weighted by Gasteiger charge is -2.19. The minimum atomic E-state index is -3.70. The molecule has 0 aliphatic carbocycles. The highest BCUT2D eigenvalue weighted by Gasteiger charge is 2.16. The Labute approximate surface area is 196 Å². The van der Waals surface area contributed by atoms with Crippen LogP contribution in [0, 0.1) is 0 Å². The first-order chi connectivity index (χ1) is 15.6. The number of sulfonamides is 1. The molecule has 0 aliphatic heterocycles. The summed E-state index contributed by atoms with van der Waals surface area (Å²) in [7, 11) is -3.70. The maximum atomic E-state index is 12.4.